The smallest absolute Gasteiger partial charge is 0.407 e. The highest BCUT2D eigenvalue weighted by Gasteiger charge is 2.42. The predicted molar refractivity (Wildman–Crippen MR) is 107 cm³/mol. The summed E-state index contributed by atoms with van der Waals surface area (Å²) in [5.41, 5.74) is 0.443. The summed E-state index contributed by atoms with van der Waals surface area (Å²) in [5.74, 6) is 0.453. The molecule has 3 aromatic heterocycles. The molecule has 4 heterocycles. The first-order valence-electron chi connectivity index (χ1n) is 10.0. The molecule has 10 nitrogen and oxygen atoms in total. The van der Waals surface area contributed by atoms with Gasteiger partial charge < -0.3 is 20.1 Å². The third-order valence-electron chi connectivity index (χ3n) is 4.72. The van der Waals surface area contributed by atoms with Crippen LogP contribution in [0.5, 0.6) is 0 Å². The molecule has 0 unspecified atom stereocenters. The molecule has 178 valence electrons. The van der Waals surface area contributed by atoms with Gasteiger partial charge in [0, 0.05) is 24.5 Å². The van der Waals surface area contributed by atoms with Crippen LogP contribution in [0.2, 0.25) is 0 Å². The van der Waals surface area contributed by atoms with Gasteiger partial charge in [-0.2, -0.15) is 23.4 Å². The summed E-state index contributed by atoms with van der Waals surface area (Å²) in [6.45, 7) is 3.37. The summed E-state index contributed by atoms with van der Waals surface area (Å²) in [7, 11) is 0. The van der Waals surface area contributed by atoms with E-state index in [0.717, 1.165) is 0 Å². The number of aromatic nitrogens is 5. The van der Waals surface area contributed by atoms with Crippen LogP contribution in [0, 0.1) is 0 Å². The van der Waals surface area contributed by atoms with Crippen LogP contribution in [-0.4, -0.2) is 62.0 Å². The maximum Gasteiger partial charge on any atom is 0.407 e. The number of alkyl halides is 4. The standard InChI is InChI=1S/C19H21F4N7O3/c1-9(2)25-18(31)33-13-8-32-16(15(13)20)11-6-14(28-27-11)26-17-12-5-10(7-19(21,22)23)29-30(12)4-3-24-17/h3-6,9,13,15-16H,7-8H2,1-2H3,(H,25,31)(H2,24,26,27,28)/t13-,15+,16-/m0/s1. The van der Waals surface area contributed by atoms with Crippen LogP contribution in [0.25, 0.3) is 5.52 Å². The van der Waals surface area contributed by atoms with Gasteiger partial charge in [0.05, 0.1) is 24.4 Å². The zero-order valence-corrected chi connectivity index (χ0v) is 17.6. The minimum absolute atomic E-state index is 0.127. The number of hydrogen-bond donors (Lipinski definition) is 3. The van der Waals surface area contributed by atoms with Gasteiger partial charge in [-0.05, 0) is 19.9 Å². The van der Waals surface area contributed by atoms with Crippen LogP contribution in [0.15, 0.2) is 24.5 Å². The highest BCUT2D eigenvalue weighted by atomic mass is 19.4. The molecule has 14 heteroatoms. The first-order valence-corrected chi connectivity index (χ1v) is 10.0. The molecule has 1 aliphatic heterocycles. The molecule has 1 amide bonds. The lowest BCUT2D eigenvalue weighted by Crippen LogP contribution is -2.36. The SMILES string of the molecule is CC(C)NC(=O)O[C@H]1CO[C@@H](c2cc(Nc3nccn4nc(CC(F)(F)F)cc34)n[nH]2)[C@@H]1F. The molecule has 3 atom stereocenters. The van der Waals surface area contributed by atoms with Crippen molar-refractivity contribution in [2.45, 2.75) is 50.9 Å². The summed E-state index contributed by atoms with van der Waals surface area (Å²) >= 11 is 0. The van der Waals surface area contributed by atoms with Crippen molar-refractivity contribution in [3.05, 3.63) is 35.9 Å². The maximum absolute atomic E-state index is 14.8. The van der Waals surface area contributed by atoms with E-state index in [0.29, 0.717) is 11.2 Å². The number of amides is 1. The van der Waals surface area contributed by atoms with Crippen LogP contribution in [-0.2, 0) is 15.9 Å². The Morgan fingerprint density at radius 2 is 2.18 bits per heavy atom. The van der Waals surface area contributed by atoms with E-state index < -0.39 is 37.1 Å². The minimum Gasteiger partial charge on any atom is -0.441 e. The molecule has 3 N–H and O–H groups in total. The molecule has 1 saturated heterocycles. The van der Waals surface area contributed by atoms with Gasteiger partial charge in [-0.3, -0.25) is 5.10 Å². The lowest BCUT2D eigenvalue weighted by atomic mass is 10.1. The number of carbonyl (C=O) groups is 1. The number of nitrogens with one attached hydrogen (secondary N) is 3. The topological polar surface area (TPSA) is 118 Å². The Kier molecular flexibility index (Phi) is 6.10. The Balaban J connectivity index is 1.45. The number of hydrogen-bond acceptors (Lipinski definition) is 7. The van der Waals surface area contributed by atoms with Crippen molar-refractivity contribution < 1.29 is 31.8 Å². The van der Waals surface area contributed by atoms with E-state index in [1.54, 1.807) is 13.8 Å². The molecule has 4 rings (SSSR count). The lowest BCUT2D eigenvalue weighted by molar-refractivity contribution is -0.127. The van der Waals surface area contributed by atoms with Crippen molar-refractivity contribution >= 4 is 23.2 Å². The summed E-state index contributed by atoms with van der Waals surface area (Å²) in [6, 6.07) is 2.60. The molecule has 1 aliphatic rings. The van der Waals surface area contributed by atoms with Crippen LogP contribution < -0.4 is 10.6 Å². The predicted octanol–water partition coefficient (Wildman–Crippen LogP) is 3.21. The van der Waals surface area contributed by atoms with Crippen LogP contribution >= 0.6 is 0 Å². The Hall–Kier alpha value is -3.42. The second-order valence-electron chi connectivity index (χ2n) is 7.81. The fourth-order valence-corrected chi connectivity index (χ4v) is 3.37. The molecule has 0 radical (unpaired) electrons. The number of aromatic amines is 1. The number of rotatable bonds is 6. The van der Waals surface area contributed by atoms with Crippen molar-refractivity contribution in [1.29, 1.82) is 0 Å². The molecule has 33 heavy (non-hydrogen) atoms. The Morgan fingerprint density at radius 1 is 1.39 bits per heavy atom. The van der Waals surface area contributed by atoms with E-state index in [1.807, 2.05) is 0 Å². The fraction of sp³-hybridized carbons (Fsp3) is 0.474. The number of anilines is 2. The van der Waals surface area contributed by atoms with Crippen molar-refractivity contribution in [2.75, 3.05) is 11.9 Å². The number of nitrogens with zero attached hydrogens (tertiary/aromatic N) is 4. The van der Waals surface area contributed by atoms with Gasteiger partial charge in [0.2, 0.25) is 0 Å². The zero-order valence-electron chi connectivity index (χ0n) is 17.6. The summed E-state index contributed by atoms with van der Waals surface area (Å²) in [5, 5.41) is 16.0. The monoisotopic (exact) mass is 471 g/mol. The highest BCUT2D eigenvalue weighted by molar-refractivity contribution is 5.72. The van der Waals surface area contributed by atoms with Crippen molar-refractivity contribution in [3.8, 4) is 0 Å². The van der Waals surface area contributed by atoms with Gasteiger partial charge in [0.25, 0.3) is 0 Å². The van der Waals surface area contributed by atoms with Crippen molar-refractivity contribution in [3.63, 3.8) is 0 Å². The van der Waals surface area contributed by atoms with Gasteiger partial charge in [-0.1, -0.05) is 0 Å². The molecular weight excluding hydrogens is 450 g/mol. The van der Waals surface area contributed by atoms with E-state index >= 15 is 0 Å². The van der Waals surface area contributed by atoms with E-state index in [9.17, 15) is 22.4 Å². The second kappa shape index (κ2) is 8.84. The van der Waals surface area contributed by atoms with Crippen LogP contribution in [0.3, 0.4) is 0 Å². The average molecular weight is 471 g/mol. The van der Waals surface area contributed by atoms with Gasteiger partial charge in [-0.15, -0.1) is 0 Å². The molecule has 0 spiro atoms. The van der Waals surface area contributed by atoms with Crippen molar-refractivity contribution in [2.24, 2.45) is 0 Å². The van der Waals surface area contributed by atoms with E-state index in [1.165, 1.54) is 29.0 Å². The number of fused-ring (bicyclic) bond motifs is 1. The van der Waals surface area contributed by atoms with Gasteiger partial charge in [-0.25, -0.2) is 18.7 Å². The molecule has 0 aromatic carbocycles. The molecule has 0 saturated carbocycles. The highest BCUT2D eigenvalue weighted by Crippen LogP contribution is 2.34. The van der Waals surface area contributed by atoms with Crippen LogP contribution in [0.4, 0.5) is 34.0 Å². The third-order valence-corrected chi connectivity index (χ3v) is 4.72. The summed E-state index contributed by atoms with van der Waals surface area (Å²) in [4.78, 5) is 15.9. The number of halogens is 4. The summed E-state index contributed by atoms with van der Waals surface area (Å²) < 4.78 is 64.6. The van der Waals surface area contributed by atoms with Gasteiger partial charge in [0.15, 0.2) is 23.9 Å². The third kappa shape index (κ3) is 5.32. The van der Waals surface area contributed by atoms with E-state index in [2.05, 4.69) is 30.9 Å². The van der Waals surface area contributed by atoms with E-state index in [4.69, 9.17) is 9.47 Å². The normalized spacial score (nSPS) is 21.0. The fourth-order valence-electron chi connectivity index (χ4n) is 3.37. The number of alkyl carbamates (subject to hydrolysis) is 1. The largest absolute Gasteiger partial charge is 0.441 e. The molecule has 3 aromatic rings. The minimum atomic E-state index is -4.39. The lowest BCUT2D eigenvalue weighted by Gasteiger charge is -2.16. The van der Waals surface area contributed by atoms with Crippen LogP contribution in [0.1, 0.15) is 31.3 Å². The average Bonchev–Trinajstić information content (AvgIpc) is 3.40. The molecule has 1 fully saturated rings. The number of carbonyl (C=O) groups excluding carboxylic acids is 1. The van der Waals surface area contributed by atoms with E-state index in [-0.39, 0.29) is 30.0 Å². The Morgan fingerprint density at radius 3 is 2.91 bits per heavy atom. The summed E-state index contributed by atoms with van der Waals surface area (Å²) in [6.07, 6.45) is -7.25. The molecule has 0 aliphatic carbocycles. The quantitative estimate of drug-likeness (QED) is 0.473. The van der Waals surface area contributed by atoms with Gasteiger partial charge in [0.1, 0.15) is 11.6 Å². The van der Waals surface area contributed by atoms with Gasteiger partial charge >= 0.3 is 12.3 Å². The molecule has 0 bridgehead atoms. The zero-order chi connectivity index (χ0) is 23.8. The first kappa shape index (κ1) is 22.8. The Labute approximate surface area is 184 Å². The number of ether oxygens (including phenoxy) is 2. The van der Waals surface area contributed by atoms with Crippen molar-refractivity contribution in [1.82, 2.24) is 30.1 Å². The molecular formula is C19H21F4N7O3. The number of H-pyrrole nitrogens is 1. The second-order valence-corrected chi connectivity index (χ2v) is 7.81. The maximum atomic E-state index is 14.8. The first-order chi connectivity index (χ1) is 15.6. The Bertz CT molecular complexity index is 1130.